The van der Waals surface area contributed by atoms with Crippen LogP contribution in [-0.2, 0) is 6.42 Å². The van der Waals surface area contributed by atoms with Gasteiger partial charge in [0.25, 0.3) is 0 Å². The van der Waals surface area contributed by atoms with Crippen LogP contribution in [0.25, 0.3) is 16.8 Å². The number of ether oxygens (including phenoxy) is 1. The van der Waals surface area contributed by atoms with E-state index < -0.39 is 0 Å². The summed E-state index contributed by atoms with van der Waals surface area (Å²) in [7, 11) is 0. The average molecular weight is 310 g/mol. The van der Waals surface area contributed by atoms with E-state index in [1.165, 1.54) is 0 Å². The molecule has 120 valence electrons. The van der Waals surface area contributed by atoms with Crippen molar-refractivity contribution in [1.29, 1.82) is 0 Å². The smallest absolute Gasteiger partial charge is 0.221 e. The second-order valence-electron chi connectivity index (χ2n) is 5.75. The Kier molecular flexibility index (Phi) is 4.55. The summed E-state index contributed by atoms with van der Waals surface area (Å²) < 4.78 is 7.45. The number of fused-ring (bicyclic) bond motifs is 1. The van der Waals surface area contributed by atoms with Crippen molar-refractivity contribution < 1.29 is 4.74 Å². The van der Waals surface area contributed by atoms with Crippen LogP contribution in [0.2, 0.25) is 0 Å². The Bertz CT molecular complexity index is 797. The van der Waals surface area contributed by atoms with Crippen LogP contribution in [-0.4, -0.2) is 26.2 Å². The molecular formula is C18H22N4O. The predicted molar refractivity (Wildman–Crippen MR) is 90.5 cm³/mol. The van der Waals surface area contributed by atoms with E-state index in [9.17, 15) is 0 Å². The number of hydrogen-bond donors (Lipinski definition) is 0. The SMILES string of the molecule is CCOc1ncccc1-c1cnn2ccc(CC(C)CC)nc12. The summed E-state index contributed by atoms with van der Waals surface area (Å²) in [5.41, 5.74) is 3.82. The molecule has 3 aromatic rings. The van der Waals surface area contributed by atoms with Gasteiger partial charge in [-0.15, -0.1) is 0 Å². The zero-order chi connectivity index (χ0) is 16.2. The van der Waals surface area contributed by atoms with Gasteiger partial charge < -0.3 is 4.74 Å². The van der Waals surface area contributed by atoms with Gasteiger partial charge in [0.2, 0.25) is 5.88 Å². The lowest BCUT2D eigenvalue weighted by Gasteiger charge is -2.09. The molecule has 5 heteroatoms. The molecule has 0 saturated heterocycles. The van der Waals surface area contributed by atoms with Crippen LogP contribution >= 0.6 is 0 Å². The highest BCUT2D eigenvalue weighted by Gasteiger charge is 2.14. The Labute approximate surface area is 136 Å². The van der Waals surface area contributed by atoms with Gasteiger partial charge >= 0.3 is 0 Å². The van der Waals surface area contributed by atoms with E-state index in [0.717, 1.165) is 35.3 Å². The Balaban J connectivity index is 2.06. The Hall–Kier alpha value is -2.43. The van der Waals surface area contributed by atoms with Crippen LogP contribution in [0.5, 0.6) is 5.88 Å². The molecule has 0 radical (unpaired) electrons. The molecule has 3 rings (SSSR count). The minimum atomic E-state index is 0.579. The zero-order valence-corrected chi connectivity index (χ0v) is 13.9. The van der Waals surface area contributed by atoms with E-state index in [2.05, 4.69) is 23.9 Å². The standard InChI is InChI=1S/C18H22N4O/c1-4-13(3)11-14-8-10-22-17(21-14)16(12-20-22)15-7-6-9-19-18(15)23-5-2/h6-10,12-13H,4-5,11H2,1-3H3. The van der Waals surface area contributed by atoms with Crippen molar-refractivity contribution in [2.75, 3.05) is 6.61 Å². The third kappa shape index (κ3) is 3.18. The number of aromatic nitrogens is 4. The fourth-order valence-corrected chi connectivity index (χ4v) is 2.56. The minimum absolute atomic E-state index is 0.579. The Morgan fingerprint density at radius 2 is 2.09 bits per heavy atom. The third-order valence-corrected chi connectivity index (χ3v) is 4.02. The molecule has 0 aromatic carbocycles. The fraction of sp³-hybridized carbons (Fsp3) is 0.389. The molecular weight excluding hydrogens is 288 g/mol. The molecule has 0 fully saturated rings. The number of rotatable bonds is 6. The van der Waals surface area contributed by atoms with Gasteiger partial charge in [-0.25, -0.2) is 14.5 Å². The maximum absolute atomic E-state index is 5.65. The first-order valence-electron chi connectivity index (χ1n) is 8.14. The van der Waals surface area contributed by atoms with Crippen LogP contribution in [0.1, 0.15) is 32.9 Å². The maximum atomic E-state index is 5.65. The van der Waals surface area contributed by atoms with Gasteiger partial charge in [-0.05, 0) is 37.5 Å². The first kappa shape index (κ1) is 15.5. The molecule has 0 aliphatic rings. The van der Waals surface area contributed by atoms with Crippen molar-refractivity contribution in [3.63, 3.8) is 0 Å². The molecule has 0 spiro atoms. The van der Waals surface area contributed by atoms with Crippen molar-refractivity contribution in [1.82, 2.24) is 19.6 Å². The molecule has 0 aliphatic heterocycles. The number of nitrogens with zero attached hydrogens (tertiary/aromatic N) is 4. The second kappa shape index (κ2) is 6.77. The lowest BCUT2D eigenvalue weighted by Crippen LogP contribution is -2.02. The van der Waals surface area contributed by atoms with Gasteiger partial charge in [0.05, 0.1) is 18.4 Å². The van der Waals surface area contributed by atoms with Crippen LogP contribution in [0.4, 0.5) is 0 Å². The summed E-state index contributed by atoms with van der Waals surface area (Å²) in [5, 5.41) is 4.41. The highest BCUT2D eigenvalue weighted by Crippen LogP contribution is 2.30. The highest BCUT2D eigenvalue weighted by atomic mass is 16.5. The van der Waals surface area contributed by atoms with Gasteiger partial charge in [-0.3, -0.25) is 0 Å². The van der Waals surface area contributed by atoms with Gasteiger partial charge in [-0.2, -0.15) is 5.10 Å². The van der Waals surface area contributed by atoms with E-state index in [-0.39, 0.29) is 0 Å². The van der Waals surface area contributed by atoms with E-state index in [1.54, 1.807) is 10.7 Å². The van der Waals surface area contributed by atoms with Crippen LogP contribution < -0.4 is 4.74 Å². The second-order valence-corrected chi connectivity index (χ2v) is 5.75. The van der Waals surface area contributed by atoms with E-state index >= 15 is 0 Å². The van der Waals surface area contributed by atoms with E-state index in [1.807, 2.05) is 37.5 Å². The van der Waals surface area contributed by atoms with E-state index in [0.29, 0.717) is 18.4 Å². The average Bonchev–Trinajstić information content (AvgIpc) is 2.98. The van der Waals surface area contributed by atoms with Crippen LogP contribution in [0.3, 0.4) is 0 Å². The first-order valence-corrected chi connectivity index (χ1v) is 8.14. The lowest BCUT2D eigenvalue weighted by molar-refractivity contribution is 0.328. The summed E-state index contributed by atoms with van der Waals surface area (Å²) in [5.74, 6) is 1.24. The normalized spacial score (nSPS) is 12.5. The quantitative estimate of drug-likeness (QED) is 0.695. The molecule has 0 saturated carbocycles. The first-order chi connectivity index (χ1) is 11.2. The number of pyridine rings is 1. The van der Waals surface area contributed by atoms with Crippen molar-refractivity contribution in [3.05, 3.63) is 42.5 Å². The largest absolute Gasteiger partial charge is 0.478 e. The monoisotopic (exact) mass is 310 g/mol. The molecule has 0 N–H and O–H groups in total. The zero-order valence-electron chi connectivity index (χ0n) is 13.9. The summed E-state index contributed by atoms with van der Waals surface area (Å²) in [6, 6.07) is 5.95. The summed E-state index contributed by atoms with van der Waals surface area (Å²) in [6.45, 7) is 6.99. The molecule has 0 amide bonds. The van der Waals surface area contributed by atoms with Crippen molar-refractivity contribution >= 4 is 5.65 Å². The van der Waals surface area contributed by atoms with E-state index in [4.69, 9.17) is 9.72 Å². The molecule has 1 unspecified atom stereocenters. The molecule has 3 aromatic heterocycles. The summed E-state index contributed by atoms with van der Waals surface area (Å²) in [4.78, 5) is 9.15. The fourth-order valence-electron chi connectivity index (χ4n) is 2.56. The molecule has 3 heterocycles. The van der Waals surface area contributed by atoms with Crippen LogP contribution in [0.15, 0.2) is 36.8 Å². The highest BCUT2D eigenvalue weighted by molar-refractivity contribution is 5.79. The van der Waals surface area contributed by atoms with Gasteiger partial charge in [-0.1, -0.05) is 20.3 Å². The van der Waals surface area contributed by atoms with Crippen molar-refractivity contribution in [3.8, 4) is 17.0 Å². The lowest BCUT2D eigenvalue weighted by atomic mass is 10.0. The molecule has 0 bridgehead atoms. The Morgan fingerprint density at radius 3 is 2.87 bits per heavy atom. The van der Waals surface area contributed by atoms with Gasteiger partial charge in [0.15, 0.2) is 5.65 Å². The minimum Gasteiger partial charge on any atom is -0.478 e. The summed E-state index contributed by atoms with van der Waals surface area (Å²) in [6.07, 6.45) is 7.66. The van der Waals surface area contributed by atoms with Crippen molar-refractivity contribution in [2.24, 2.45) is 5.92 Å². The Morgan fingerprint density at radius 1 is 1.22 bits per heavy atom. The molecule has 0 aliphatic carbocycles. The van der Waals surface area contributed by atoms with Gasteiger partial charge in [0, 0.05) is 23.7 Å². The molecule has 1 atom stereocenters. The summed E-state index contributed by atoms with van der Waals surface area (Å²) >= 11 is 0. The predicted octanol–water partition coefficient (Wildman–Crippen LogP) is 3.78. The van der Waals surface area contributed by atoms with Gasteiger partial charge in [0.1, 0.15) is 0 Å². The third-order valence-electron chi connectivity index (χ3n) is 4.02. The maximum Gasteiger partial charge on any atom is 0.221 e. The molecule has 5 nitrogen and oxygen atoms in total. The number of hydrogen-bond acceptors (Lipinski definition) is 4. The topological polar surface area (TPSA) is 52.3 Å². The van der Waals surface area contributed by atoms with Crippen molar-refractivity contribution in [2.45, 2.75) is 33.6 Å². The van der Waals surface area contributed by atoms with Crippen LogP contribution in [0, 0.1) is 5.92 Å². The molecule has 23 heavy (non-hydrogen) atoms.